The molecule has 3 amide bonds. The number of aromatic nitrogens is 4. The van der Waals surface area contributed by atoms with Gasteiger partial charge in [0.05, 0.1) is 18.9 Å². The Balaban J connectivity index is 1.63. The van der Waals surface area contributed by atoms with Crippen molar-refractivity contribution in [1.29, 1.82) is 0 Å². The molecule has 0 aromatic carbocycles. The van der Waals surface area contributed by atoms with Crippen LogP contribution in [0.3, 0.4) is 0 Å². The summed E-state index contributed by atoms with van der Waals surface area (Å²) in [5.74, 6) is 0.373. The SMILES string of the molecule is COCCn1c(SCC(=O)NC(=O)NC2CC2)nnc1-c1ccncc1. The van der Waals surface area contributed by atoms with Crippen molar-refractivity contribution in [1.82, 2.24) is 30.4 Å². The van der Waals surface area contributed by atoms with Crippen molar-refractivity contribution in [3.8, 4) is 11.4 Å². The van der Waals surface area contributed by atoms with Crippen LogP contribution >= 0.6 is 11.8 Å². The first-order valence-electron chi connectivity index (χ1n) is 8.23. The highest BCUT2D eigenvalue weighted by Gasteiger charge is 2.24. The van der Waals surface area contributed by atoms with E-state index in [4.69, 9.17) is 4.74 Å². The fourth-order valence-electron chi connectivity index (χ4n) is 2.24. The third-order valence-electron chi connectivity index (χ3n) is 3.67. The molecule has 0 aliphatic heterocycles. The molecule has 2 heterocycles. The molecule has 0 radical (unpaired) electrons. The second kappa shape index (κ2) is 8.77. The summed E-state index contributed by atoms with van der Waals surface area (Å²) in [5, 5.41) is 14.0. The molecule has 2 aromatic heterocycles. The van der Waals surface area contributed by atoms with Gasteiger partial charge in [0, 0.05) is 31.1 Å². The van der Waals surface area contributed by atoms with Crippen LogP contribution in [0.15, 0.2) is 29.7 Å². The number of pyridine rings is 1. The number of nitrogens with one attached hydrogen (secondary N) is 2. The summed E-state index contributed by atoms with van der Waals surface area (Å²) in [5.41, 5.74) is 0.878. The summed E-state index contributed by atoms with van der Waals surface area (Å²) in [4.78, 5) is 27.6. The van der Waals surface area contributed by atoms with E-state index < -0.39 is 6.03 Å². The number of carbonyl (C=O) groups is 2. The third kappa shape index (κ3) is 5.02. The predicted molar refractivity (Wildman–Crippen MR) is 95.5 cm³/mol. The quantitative estimate of drug-likeness (QED) is 0.663. The molecule has 0 atom stereocenters. The molecule has 2 N–H and O–H groups in total. The maximum atomic E-state index is 11.9. The zero-order valence-corrected chi connectivity index (χ0v) is 15.2. The number of hydrogen-bond acceptors (Lipinski definition) is 7. The van der Waals surface area contributed by atoms with Crippen LogP contribution in [0, 0.1) is 0 Å². The van der Waals surface area contributed by atoms with E-state index in [0.29, 0.717) is 24.1 Å². The topological polar surface area (TPSA) is 111 Å². The van der Waals surface area contributed by atoms with Crippen LogP contribution in [0.5, 0.6) is 0 Å². The second-order valence-electron chi connectivity index (χ2n) is 5.77. The van der Waals surface area contributed by atoms with Crippen LogP contribution < -0.4 is 10.6 Å². The van der Waals surface area contributed by atoms with E-state index in [1.807, 2.05) is 16.7 Å². The van der Waals surface area contributed by atoms with Crippen LogP contribution in [-0.4, -0.2) is 57.2 Å². The Morgan fingerprint density at radius 2 is 2.08 bits per heavy atom. The normalized spacial score (nSPS) is 13.4. The van der Waals surface area contributed by atoms with Crippen LogP contribution in [-0.2, 0) is 16.1 Å². The zero-order valence-electron chi connectivity index (χ0n) is 14.3. The standard InChI is InChI=1S/C16H20N6O3S/c1-25-9-8-22-14(11-4-6-17-7-5-11)20-21-16(22)26-10-13(23)19-15(24)18-12-2-3-12/h4-7,12H,2-3,8-10H2,1H3,(H2,18,19,23,24). The first-order chi connectivity index (χ1) is 12.7. The van der Waals surface area contributed by atoms with E-state index in [1.54, 1.807) is 19.5 Å². The summed E-state index contributed by atoms with van der Waals surface area (Å²) in [6, 6.07) is 3.44. The fourth-order valence-corrected chi connectivity index (χ4v) is 3.00. The van der Waals surface area contributed by atoms with Crippen molar-refractivity contribution in [2.75, 3.05) is 19.5 Å². The van der Waals surface area contributed by atoms with Gasteiger partial charge in [0.2, 0.25) is 5.91 Å². The van der Waals surface area contributed by atoms with E-state index in [1.165, 1.54) is 11.8 Å². The van der Waals surface area contributed by atoms with Gasteiger partial charge in [-0.05, 0) is 25.0 Å². The molecule has 1 fully saturated rings. The Hall–Kier alpha value is -2.46. The Labute approximate surface area is 154 Å². The van der Waals surface area contributed by atoms with Gasteiger partial charge in [-0.25, -0.2) is 4.79 Å². The predicted octanol–water partition coefficient (Wildman–Crippen LogP) is 1.07. The molecule has 26 heavy (non-hydrogen) atoms. The van der Waals surface area contributed by atoms with E-state index in [9.17, 15) is 9.59 Å². The smallest absolute Gasteiger partial charge is 0.321 e. The van der Waals surface area contributed by atoms with Crippen LogP contribution in [0.1, 0.15) is 12.8 Å². The average molecular weight is 376 g/mol. The Kier molecular flexibility index (Phi) is 6.18. The van der Waals surface area contributed by atoms with Gasteiger partial charge in [-0.2, -0.15) is 0 Å². The maximum absolute atomic E-state index is 11.9. The average Bonchev–Trinajstić information content (AvgIpc) is 3.35. The number of imide groups is 1. The number of rotatable bonds is 8. The van der Waals surface area contributed by atoms with Crippen molar-refractivity contribution >= 4 is 23.7 Å². The molecule has 1 aliphatic carbocycles. The number of ether oxygens (including phenoxy) is 1. The third-order valence-corrected chi connectivity index (χ3v) is 4.64. The monoisotopic (exact) mass is 376 g/mol. The highest BCUT2D eigenvalue weighted by Crippen LogP contribution is 2.23. The summed E-state index contributed by atoms with van der Waals surface area (Å²) >= 11 is 1.22. The molecule has 10 heteroatoms. The first kappa shape index (κ1) is 18.3. The molecule has 1 saturated carbocycles. The lowest BCUT2D eigenvalue weighted by atomic mass is 10.2. The van der Waals surface area contributed by atoms with Gasteiger partial charge >= 0.3 is 6.03 Å². The van der Waals surface area contributed by atoms with Crippen molar-refractivity contribution in [3.05, 3.63) is 24.5 Å². The molecule has 9 nitrogen and oxygen atoms in total. The van der Waals surface area contributed by atoms with Crippen LogP contribution in [0.25, 0.3) is 11.4 Å². The van der Waals surface area contributed by atoms with Gasteiger partial charge in [0.15, 0.2) is 11.0 Å². The minimum Gasteiger partial charge on any atom is -0.383 e. The molecule has 2 aromatic rings. The fraction of sp³-hybridized carbons (Fsp3) is 0.438. The lowest BCUT2D eigenvalue weighted by Crippen LogP contribution is -2.41. The lowest BCUT2D eigenvalue weighted by Gasteiger charge is -2.09. The number of methoxy groups -OCH3 is 1. The molecule has 0 unspecified atom stereocenters. The lowest BCUT2D eigenvalue weighted by molar-refractivity contribution is -0.117. The van der Waals surface area contributed by atoms with Crippen molar-refractivity contribution in [2.45, 2.75) is 30.6 Å². The molecular weight excluding hydrogens is 356 g/mol. The molecule has 0 spiro atoms. The minimum absolute atomic E-state index is 0.0690. The molecule has 0 bridgehead atoms. The van der Waals surface area contributed by atoms with E-state index in [2.05, 4.69) is 25.8 Å². The minimum atomic E-state index is -0.448. The zero-order chi connectivity index (χ0) is 18.4. The van der Waals surface area contributed by atoms with Crippen LogP contribution in [0.4, 0.5) is 4.79 Å². The number of urea groups is 1. The van der Waals surface area contributed by atoms with Crippen molar-refractivity contribution in [3.63, 3.8) is 0 Å². The largest absolute Gasteiger partial charge is 0.383 e. The summed E-state index contributed by atoms with van der Waals surface area (Å²) in [7, 11) is 1.62. The highest BCUT2D eigenvalue weighted by molar-refractivity contribution is 7.99. The molecular formula is C16H20N6O3S. The number of amides is 3. The van der Waals surface area contributed by atoms with E-state index in [0.717, 1.165) is 18.4 Å². The van der Waals surface area contributed by atoms with Gasteiger partial charge < -0.3 is 10.1 Å². The van der Waals surface area contributed by atoms with Crippen molar-refractivity contribution < 1.29 is 14.3 Å². The number of thioether (sulfide) groups is 1. The summed E-state index contributed by atoms with van der Waals surface area (Å²) < 4.78 is 7.04. The van der Waals surface area contributed by atoms with Gasteiger partial charge in [-0.3, -0.25) is 19.7 Å². The molecule has 0 saturated heterocycles. The second-order valence-corrected chi connectivity index (χ2v) is 6.71. The van der Waals surface area contributed by atoms with Crippen LogP contribution in [0.2, 0.25) is 0 Å². The number of hydrogen-bond donors (Lipinski definition) is 2. The number of nitrogens with zero attached hydrogens (tertiary/aromatic N) is 4. The summed E-state index contributed by atoms with van der Waals surface area (Å²) in [6.07, 6.45) is 5.31. The first-order valence-corrected chi connectivity index (χ1v) is 9.21. The highest BCUT2D eigenvalue weighted by atomic mass is 32.2. The molecule has 1 aliphatic rings. The van der Waals surface area contributed by atoms with Crippen molar-refractivity contribution in [2.24, 2.45) is 0 Å². The molecule has 3 rings (SSSR count). The molecule has 138 valence electrons. The van der Waals surface area contributed by atoms with E-state index >= 15 is 0 Å². The maximum Gasteiger partial charge on any atom is 0.321 e. The van der Waals surface area contributed by atoms with Gasteiger partial charge in [-0.1, -0.05) is 11.8 Å². The van der Waals surface area contributed by atoms with E-state index in [-0.39, 0.29) is 17.7 Å². The summed E-state index contributed by atoms with van der Waals surface area (Å²) in [6.45, 7) is 1.03. The van der Waals surface area contributed by atoms with Gasteiger partial charge in [-0.15, -0.1) is 10.2 Å². The Morgan fingerprint density at radius 1 is 1.31 bits per heavy atom. The Bertz CT molecular complexity index is 763. The Morgan fingerprint density at radius 3 is 2.77 bits per heavy atom. The number of carbonyl (C=O) groups excluding carboxylic acids is 2. The van der Waals surface area contributed by atoms with Gasteiger partial charge in [0.1, 0.15) is 0 Å². The van der Waals surface area contributed by atoms with Gasteiger partial charge in [0.25, 0.3) is 0 Å².